The molecule has 0 aliphatic heterocycles. The monoisotopic (exact) mass is 431 g/mol. The first-order chi connectivity index (χ1) is 10.6. The molecule has 0 spiro atoms. The zero-order chi connectivity index (χ0) is 15.8. The van der Waals surface area contributed by atoms with Gasteiger partial charge in [0.25, 0.3) is 6.43 Å². The molecule has 0 aliphatic carbocycles. The molecule has 0 aliphatic rings. The standard InChI is InChI=1S/C17H19F2N3.HI/c1-13-7-9-14(10-8-13)11-20-17(21-12-16(18)19)22-15-5-3-2-4-6-15;/h2-10,16H,11-12H2,1H3,(H2,20,21,22);1H. The second-order valence-corrected chi connectivity index (χ2v) is 4.91. The maximum atomic E-state index is 12.4. The van der Waals surface area contributed by atoms with E-state index in [1.165, 1.54) is 5.56 Å². The fraction of sp³-hybridized carbons (Fsp3) is 0.235. The highest BCUT2D eigenvalue weighted by molar-refractivity contribution is 14.0. The second-order valence-electron chi connectivity index (χ2n) is 4.91. The van der Waals surface area contributed by atoms with Crippen molar-refractivity contribution in [2.45, 2.75) is 19.9 Å². The number of anilines is 1. The van der Waals surface area contributed by atoms with E-state index in [-0.39, 0.29) is 24.0 Å². The van der Waals surface area contributed by atoms with Crippen molar-refractivity contribution < 1.29 is 8.78 Å². The van der Waals surface area contributed by atoms with Gasteiger partial charge in [-0.05, 0) is 24.6 Å². The first-order valence-electron chi connectivity index (χ1n) is 7.07. The summed E-state index contributed by atoms with van der Waals surface area (Å²) < 4.78 is 24.8. The molecule has 0 bridgehead atoms. The highest BCUT2D eigenvalue weighted by Crippen LogP contribution is 2.07. The Morgan fingerprint density at radius 3 is 2.30 bits per heavy atom. The zero-order valence-corrected chi connectivity index (χ0v) is 15.1. The van der Waals surface area contributed by atoms with E-state index in [2.05, 4.69) is 15.6 Å². The van der Waals surface area contributed by atoms with Crippen LogP contribution in [0.25, 0.3) is 0 Å². The summed E-state index contributed by atoms with van der Waals surface area (Å²) in [6.07, 6.45) is -2.43. The number of nitrogens with zero attached hydrogens (tertiary/aromatic N) is 1. The Labute approximate surface area is 152 Å². The molecule has 2 rings (SSSR count). The Bertz CT molecular complexity index is 601. The van der Waals surface area contributed by atoms with Crippen molar-refractivity contribution in [1.82, 2.24) is 5.32 Å². The molecule has 0 fully saturated rings. The Balaban J connectivity index is 0.00000264. The average Bonchev–Trinajstić information content (AvgIpc) is 2.52. The molecule has 6 heteroatoms. The molecule has 0 unspecified atom stereocenters. The number of alkyl halides is 2. The number of hydrogen-bond donors (Lipinski definition) is 2. The summed E-state index contributed by atoms with van der Waals surface area (Å²) in [7, 11) is 0. The van der Waals surface area contributed by atoms with Gasteiger partial charge in [-0.3, -0.25) is 0 Å². The number of nitrogens with one attached hydrogen (secondary N) is 2. The molecule has 0 aromatic heterocycles. The van der Waals surface area contributed by atoms with Crippen LogP contribution in [0.15, 0.2) is 59.6 Å². The van der Waals surface area contributed by atoms with Crippen LogP contribution in [0.1, 0.15) is 11.1 Å². The lowest BCUT2D eigenvalue weighted by molar-refractivity contribution is 0.152. The van der Waals surface area contributed by atoms with E-state index in [0.29, 0.717) is 12.5 Å². The topological polar surface area (TPSA) is 36.4 Å². The molecule has 3 nitrogen and oxygen atoms in total. The molecule has 23 heavy (non-hydrogen) atoms. The van der Waals surface area contributed by atoms with Crippen LogP contribution in [0, 0.1) is 6.92 Å². The van der Waals surface area contributed by atoms with Crippen molar-refractivity contribution >= 4 is 35.6 Å². The van der Waals surface area contributed by atoms with E-state index in [1.807, 2.05) is 61.5 Å². The number of rotatable bonds is 5. The number of aliphatic imine (C=N–C) groups is 1. The highest BCUT2D eigenvalue weighted by atomic mass is 127. The third-order valence-corrected chi connectivity index (χ3v) is 3.00. The van der Waals surface area contributed by atoms with E-state index in [1.54, 1.807) is 0 Å². The molecule has 124 valence electrons. The minimum absolute atomic E-state index is 0. The third-order valence-electron chi connectivity index (χ3n) is 3.00. The summed E-state index contributed by atoms with van der Waals surface area (Å²) in [5.74, 6) is 0.340. The number of para-hydroxylation sites is 1. The van der Waals surface area contributed by atoms with Crippen LogP contribution >= 0.6 is 24.0 Å². The van der Waals surface area contributed by atoms with E-state index in [0.717, 1.165) is 11.3 Å². The molecule has 0 radical (unpaired) electrons. The quantitative estimate of drug-likeness (QED) is 0.418. The first kappa shape index (κ1) is 19.3. The number of hydrogen-bond acceptors (Lipinski definition) is 1. The molecule has 0 saturated heterocycles. The fourth-order valence-corrected chi connectivity index (χ4v) is 1.84. The van der Waals surface area contributed by atoms with Crippen LogP contribution in [0.4, 0.5) is 14.5 Å². The van der Waals surface area contributed by atoms with Gasteiger partial charge in [0.1, 0.15) is 0 Å². The minimum Gasteiger partial charge on any atom is -0.350 e. The van der Waals surface area contributed by atoms with Crippen LogP contribution in [-0.2, 0) is 6.54 Å². The summed E-state index contributed by atoms with van der Waals surface area (Å²) in [6, 6.07) is 17.3. The molecular formula is C17H20F2IN3. The van der Waals surface area contributed by atoms with E-state index in [9.17, 15) is 8.78 Å². The van der Waals surface area contributed by atoms with Gasteiger partial charge in [-0.25, -0.2) is 13.8 Å². The molecule has 2 aromatic rings. The van der Waals surface area contributed by atoms with E-state index < -0.39 is 13.0 Å². The van der Waals surface area contributed by atoms with Crippen molar-refractivity contribution in [2.75, 3.05) is 11.9 Å². The van der Waals surface area contributed by atoms with Crippen molar-refractivity contribution in [3.8, 4) is 0 Å². The third kappa shape index (κ3) is 7.40. The first-order valence-corrected chi connectivity index (χ1v) is 7.07. The van der Waals surface area contributed by atoms with Gasteiger partial charge in [-0.15, -0.1) is 24.0 Å². The van der Waals surface area contributed by atoms with Gasteiger partial charge in [0, 0.05) is 5.69 Å². The number of guanidine groups is 1. The predicted molar refractivity (Wildman–Crippen MR) is 102 cm³/mol. The van der Waals surface area contributed by atoms with Gasteiger partial charge in [0.15, 0.2) is 5.96 Å². The Hall–Kier alpha value is -1.70. The number of aryl methyl sites for hydroxylation is 1. The summed E-state index contributed by atoms with van der Waals surface area (Å²) in [5, 5.41) is 5.66. The largest absolute Gasteiger partial charge is 0.350 e. The number of halogens is 3. The van der Waals surface area contributed by atoms with Crippen molar-refractivity contribution in [1.29, 1.82) is 0 Å². The summed E-state index contributed by atoms with van der Waals surface area (Å²) in [4.78, 5) is 4.35. The van der Waals surface area contributed by atoms with Crippen LogP contribution in [0.3, 0.4) is 0 Å². The Kier molecular flexibility index (Phi) is 8.53. The van der Waals surface area contributed by atoms with Gasteiger partial charge >= 0.3 is 0 Å². The molecule has 2 aromatic carbocycles. The zero-order valence-electron chi connectivity index (χ0n) is 12.8. The lowest BCUT2D eigenvalue weighted by Gasteiger charge is -2.12. The van der Waals surface area contributed by atoms with Crippen LogP contribution < -0.4 is 10.6 Å². The Morgan fingerprint density at radius 1 is 1.04 bits per heavy atom. The highest BCUT2D eigenvalue weighted by Gasteiger charge is 2.05. The van der Waals surface area contributed by atoms with Crippen molar-refractivity contribution in [3.63, 3.8) is 0 Å². The lowest BCUT2D eigenvalue weighted by Crippen LogP contribution is -2.34. The van der Waals surface area contributed by atoms with Gasteiger partial charge in [0.05, 0.1) is 13.1 Å². The van der Waals surface area contributed by atoms with E-state index in [4.69, 9.17) is 0 Å². The minimum atomic E-state index is -2.43. The summed E-state index contributed by atoms with van der Waals surface area (Å²) in [5.41, 5.74) is 3.00. The molecule has 0 heterocycles. The van der Waals surface area contributed by atoms with Crippen LogP contribution in [0.2, 0.25) is 0 Å². The smallest absolute Gasteiger partial charge is 0.255 e. The summed E-state index contributed by atoms with van der Waals surface area (Å²) in [6.45, 7) is 2.00. The van der Waals surface area contributed by atoms with Crippen molar-refractivity contribution in [3.05, 3.63) is 65.7 Å². The van der Waals surface area contributed by atoms with Crippen LogP contribution in [-0.4, -0.2) is 18.9 Å². The lowest BCUT2D eigenvalue weighted by atomic mass is 10.1. The average molecular weight is 431 g/mol. The predicted octanol–water partition coefficient (Wildman–Crippen LogP) is 4.44. The summed E-state index contributed by atoms with van der Waals surface area (Å²) >= 11 is 0. The Morgan fingerprint density at radius 2 is 1.70 bits per heavy atom. The SMILES string of the molecule is Cc1ccc(CN=C(NCC(F)F)Nc2ccccc2)cc1.I. The maximum absolute atomic E-state index is 12.4. The van der Waals surface area contributed by atoms with Crippen LogP contribution in [0.5, 0.6) is 0 Å². The molecular weight excluding hydrogens is 411 g/mol. The van der Waals surface area contributed by atoms with Gasteiger partial charge in [0.2, 0.25) is 0 Å². The normalized spacial score (nSPS) is 11.0. The van der Waals surface area contributed by atoms with Gasteiger partial charge in [-0.1, -0.05) is 48.0 Å². The van der Waals surface area contributed by atoms with Gasteiger partial charge < -0.3 is 10.6 Å². The molecule has 2 N–H and O–H groups in total. The molecule has 0 saturated carbocycles. The fourth-order valence-electron chi connectivity index (χ4n) is 1.84. The van der Waals surface area contributed by atoms with E-state index >= 15 is 0 Å². The molecule has 0 amide bonds. The maximum Gasteiger partial charge on any atom is 0.255 e. The van der Waals surface area contributed by atoms with Crippen molar-refractivity contribution in [2.24, 2.45) is 4.99 Å². The molecule has 0 atom stereocenters. The number of benzene rings is 2. The second kappa shape index (κ2) is 10.1. The van der Waals surface area contributed by atoms with Gasteiger partial charge in [-0.2, -0.15) is 0 Å².